The van der Waals surface area contributed by atoms with E-state index in [1.807, 2.05) is 24.3 Å². The number of para-hydroxylation sites is 1. The lowest BCUT2D eigenvalue weighted by Crippen LogP contribution is -2.42. The summed E-state index contributed by atoms with van der Waals surface area (Å²) in [5.41, 5.74) is 3.11. The van der Waals surface area contributed by atoms with Crippen LogP contribution in [0.4, 0.5) is 5.69 Å². The SMILES string of the molecule is CC(OC(=O)c1ccc(-n2cnnn2)cc1)C(=O)N1CCCc2ccccc21. The summed E-state index contributed by atoms with van der Waals surface area (Å²) < 4.78 is 6.90. The van der Waals surface area contributed by atoms with E-state index in [-0.39, 0.29) is 5.91 Å². The number of tetrazole rings is 1. The van der Waals surface area contributed by atoms with Crippen LogP contribution in [-0.2, 0) is 16.0 Å². The summed E-state index contributed by atoms with van der Waals surface area (Å²) in [5.74, 6) is -0.764. The summed E-state index contributed by atoms with van der Waals surface area (Å²) in [5, 5.41) is 10.9. The van der Waals surface area contributed by atoms with Gasteiger partial charge in [-0.1, -0.05) is 18.2 Å². The molecule has 1 aromatic heterocycles. The van der Waals surface area contributed by atoms with Crippen LogP contribution in [0.15, 0.2) is 54.9 Å². The molecular formula is C20H19N5O3. The topological polar surface area (TPSA) is 90.2 Å². The van der Waals surface area contributed by atoms with E-state index in [0.29, 0.717) is 12.1 Å². The Bertz CT molecular complexity index is 985. The van der Waals surface area contributed by atoms with Crippen LogP contribution >= 0.6 is 0 Å². The minimum absolute atomic E-state index is 0.217. The van der Waals surface area contributed by atoms with Gasteiger partial charge in [0.05, 0.1) is 11.3 Å². The maximum atomic E-state index is 12.9. The molecule has 1 atom stereocenters. The molecule has 4 rings (SSSR count). The molecule has 0 saturated heterocycles. The number of rotatable bonds is 4. The van der Waals surface area contributed by atoms with Gasteiger partial charge in [0, 0.05) is 12.2 Å². The number of nitrogens with zero attached hydrogens (tertiary/aromatic N) is 5. The van der Waals surface area contributed by atoms with Gasteiger partial charge in [0.2, 0.25) is 0 Å². The largest absolute Gasteiger partial charge is 0.449 e. The van der Waals surface area contributed by atoms with Crippen molar-refractivity contribution in [3.05, 3.63) is 66.0 Å². The average molecular weight is 377 g/mol. The van der Waals surface area contributed by atoms with Crippen LogP contribution in [0.2, 0.25) is 0 Å². The van der Waals surface area contributed by atoms with Crippen molar-refractivity contribution < 1.29 is 14.3 Å². The van der Waals surface area contributed by atoms with E-state index < -0.39 is 12.1 Å². The molecular weight excluding hydrogens is 358 g/mol. The number of carbonyl (C=O) groups excluding carboxylic acids is 2. The lowest BCUT2D eigenvalue weighted by atomic mass is 10.0. The van der Waals surface area contributed by atoms with Gasteiger partial charge in [0.15, 0.2) is 6.10 Å². The minimum Gasteiger partial charge on any atom is -0.449 e. The molecule has 0 spiro atoms. The summed E-state index contributed by atoms with van der Waals surface area (Å²) in [6.45, 7) is 2.23. The molecule has 0 radical (unpaired) electrons. The third-order valence-electron chi connectivity index (χ3n) is 4.72. The molecule has 8 nitrogen and oxygen atoms in total. The van der Waals surface area contributed by atoms with Crippen LogP contribution < -0.4 is 4.90 Å². The maximum absolute atomic E-state index is 12.9. The Labute approximate surface area is 161 Å². The van der Waals surface area contributed by atoms with E-state index in [9.17, 15) is 9.59 Å². The van der Waals surface area contributed by atoms with Crippen molar-refractivity contribution in [2.75, 3.05) is 11.4 Å². The number of aromatic nitrogens is 4. The van der Waals surface area contributed by atoms with Crippen LogP contribution in [-0.4, -0.2) is 44.7 Å². The minimum atomic E-state index is -0.877. The molecule has 28 heavy (non-hydrogen) atoms. The molecule has 0 fully saturated rings. The second-order valence-electron chi connectivity index (χ2n) is 6.57. The lowest BCUT2D eigenvalue weighted by Gasteiger charge is -2.31. The number of benzene rings is 2. The first-order valence-corrected chi connectivity index (χ1v) is 9.07. The van der Waals surface area contributed by atoms with Crippen LogP contribution in [0.3, 0.4) is 0 Å². The molecule has 142 valence electrons. The predicted molar refractivity (Wildman–Crippen MR) is 101 cm³/mol. The molecule has 3 aromatic rings. The summed E-state index contributed by atoms with van der Waals surface area (Å²) >= 11 is 0. The van der Waals surface area contributed by atoms with Gasteiger partial charge in [-0.15, -0.1) is 5.10 Å². The number of esters is 1. The molecule has 1 aliphatic heterocycles. The zero-order valence-electron chi connectivity index (χ0n) is 15.4. The fourth-order valence-electron chi connectivity index (χ4n) is 3.29. The van der Waals surface area contributed by atoms with Gasteiger partial charge in [-0.25, -0.2) is 9.48 Å². The second kappa shape index (κ2) is 7.59. The smallest absolute Gasteiger partial charge is 0.338 e. The first-order chi connectivity index (χ1) is 13.6. The fourth-order valence-corrected chi connectivity index (χ4v) is 3.29. The van der Waals surface area contributed by atoms with Gasteiger partial charge in [-0.05, 0) is 66.1 Å². The lowest BCUT2D eigenvalue weighted by molar-refractivity contribution is -0.126. The molecule has 8 heteroatoms. The summed E-state index contributed by atoms with van der Waals surface area (Å²) in [4.78, 5) is 27.0. The molecule has 2 aromatic carbocycles. The summed E-state index contributed by atoms with van der Waals surface area (Å²) in [6, 6.07) is 14.5. The molecule has 0 bridgehead atoms. The van der Waals surface area contributed by atoms with Crippen LogP contribution in [0, 0.1) is 0 Å². The number of anilines is 1. The maximum Gasteiger partial charge on any atom is 0.338 e. The Morgan fingerprint density at radius 3 is 2.64 bits per heavy atom. The highest BCUT2D eigenvalue weighted by Crippen LogP contribution is 2.27. The molecule has 0 saturated carbocycles. The first kappa shape index (κ1) is 17.8. The molecule has 0 N–H and O–H groups in total. The van der Waals surface area contributed by atoms with Gasteiger partial charge in [-0.3, -0.25) is 4.79 Å². The average Bonchev–Trinajstić information content (AvgIpc) is 3.28. The number of hydrogen-bond donors (Lipinski definition) is 0. The van der Waals surface area contributed by atoms with E-state index in [1.165, 1.54) is 11.0 Å². The third-order valence-corrected chi connectivity index (χ3v) is 4.72. The normalized spacial score (nSPS) is 14.2. The van der Waals surface area contributed by atoms with Gasteiger partial charge in [0.1, 0.15) is 6.33 Å². The van der Waals surface area contributed by atoms with Crippen molar-refractivity contribution in [3.8, 4) is 5.69 Å². The van der Waals surface area contributed by atoms with Crippen LogP contribution in [0.25, 0.3) is 5.69 Å². The molecule has 2 heterocycles. The summed E-state index contributed by atoms with van der Waals surface area (Å²) in [6.07, 6.45) is 2.42. The Kier molecular flexibility index (Phi) is 4.84. The van der Waals surface area contributed by atoms with Gasteiger partial charge in [-0.2, -0.15) is 0 Å². The highest BCUT2D eigenvalue weighted by Gasteiger charge is 2.28. The Morgan fingerprint density at radius 2 is 1.89 bits per heavy atom. The number of amides is 1. The van der Waals surface area contributed by atoms with E-state index >= 15 is 0 Å². The first-order valence-electron chi connectivity index (χ1n) is 9.07. The number of hydrogen-bond acceptors (Lipinski definition) is 6. The van der Waals surface area contributed by atoms with E-state index in [2.05, 4.69) is 15.5 Å². The number of fused-ring (bicyclic) bond motifs is 1. The van der Waals surface area contributed by atoms with E-state index in [0.717, 1.165) is 29.8 Å². The zero-order valence-corrected chi connectivity index (χ0v) is 15.4. The van der Waals surface area contributed by atoms with Gasteiger partial charge < -0.3 is 9.64 Å². The standard InChI is InChI=1S/C20H19N5O3/c1-14(19(26)24-12-4-6-15-5-2-3-7-18(15)24)28-20(27)16-8-10-17(11-9-16)25-13-21-22-23-25/h2-3,5,7-11,13-14H,4,6,12H2,1H3. The highest BCUT2D eigenvalue weighted by molar-refractivity contribution is 5.99. The molecule has 1 unspecified atom stereocenters. The van der Waals surface area contributed by atoms with Crippen molar-refractivity contribution in [2.24, 2.45) is 0 Å². The molecule has 1 aliphatic rings. The van der Waals surface area contributed by atoms with Crippen molar-refractivity contribution in [3.63, 3.8) is 0 Å². The predicted octanol–water partition coefficient (Wildman–Crippen LogP) is 2.19. The molecule has 1 amide bonds. The van der Waals surface area contributed by atoms with Crippen molar-refractivity contribution >= 4 is 17.6 Å². The monoisotopic (exact) mass is 377 g/mol. The number of ether oxygens (including phenoxy) is 1. The van der Waals surface area contributed by atoms with Crippen LogP contribution in [0.1, 0.15) is 29.3 Å². The number of aryl methyl sites for hydroxylation is 1. The third kappa shape index (κ3) is 3.48. The second-order valence-corrected chi connectivity index (χ2v) is 6.57. The quantitative estimate of drug-likeness (QED) is 0.648. The Balaban J connectivity index is 1.44. The Hall–Kier alpha value is -3.55. The molecule has 0 aliphatic carbocycles. The summed E-state index contributed by atoms with van der Waals surface area (Å²) in [7, 11) is 0. The fraction of sp³-hybridized carbons (Fsp3) is 0.250. The van der Waals surface area contributed by atoms with E-state index in [4.69, 9.17) is 4.74 Å². The van der Waals surface area contributed by atoms with Gasteiger partial charge >= 0.3 is 5.97 Å². The number of carbonyl (C=O) groups is 2. The van der Waals surface area contributed by atoms with Crippen molar-refractivity contribution in [1.29, 1.82) is 0 Å². The van der Waals surface area contributed by atoms with Crippen LogP contribution in [0.5, 0.6) is 0 Å². The zero-order chi connectivity index (χ0) is 19.5. The Morgan fingerprint density at radius 1 is 1.11 bits per heavy atom. The van der Waals surface area contributed by atoms with E-state index in [1.54, 1.807) is 36.1 Å². The van der Waals surface area contributed by atoms with Crippen molar-refractivity contribution in [1.82, 2.24) is 20.2 Å². The van der Waals surface area contributed by atoms with Gasteiger partial charge in [0.25, 0.3) is 5.91 Å². The van der Waals surface area contributed by atoms with Crippen molar-refractivity contribution in [2.45, 2.75) is 25.9 Å². The highest BCUT2D eigenvalue weighted by atomic mass is 16.5.